The summed E-state index contributed by atoms with van der Waals surface area (Å²) in [5, 5.41) is 10.9. The third-order valence-electron chi connectivity index (χ3n) is 5.60. The van der Waals surface area contributed by atoms with Crippen molar-refractivity contribution in [3.8, 4) is 5.75 Å². The summed E-state index contributed by atoms with van der Waals surface area (Å²) in [5.41, 5.74) is -0.172. The highest BCUT2D eigenvalue weighted by Gasteiger charge is 2.57. The predicted octanol–water partition coefficient (Wildman–Crippen LogP) is 4.77. The number of allylic oxidation sites excluding steroid dienone is 2. The van der Waals surface area contributed by atoms with Crippen LogP contribution in [0.5, 0.6) is 5.75 Å². The second-order valence-electron chi connectivity index (χ2n) is 7.63. The molecule has 2 aromatic rings. The van der Waals surface area contributed by atoms with Gasteiger partial charge in [-0.1, -0.05) is 54.1 Å². The number of hydrogen-bond acceptors (Lipinski definition) is 4. The maximum atomic E-state index is 13.8. The Labute approximate surface area is 191 Å². The number of nitrogens with zero attached hydrogens (tertiary/aromatic N) is 1. The normalized spacial score (nSPS) is 19.6. The number of benzene rings is 2. The van der Waals surface area contributed by atoms with Gasteiger partial charge in [-0.3, -0.25) is 4.79 Å². The lowest BCUT2D eigenvalue weighted by Gasteiger charge is -2.42. The van der Waals surface area contributed by atoms with E-state index in [4.69, 9.17) is 21.1 Å². The molecule has 0 bridgehead atoms. The van der Waals surface area contributed by atoms with Crippen LogP contribution in [0.1, 0.15) is 25.3 Å². The summed E-state index contributed by atoms with van der Waals surface area (Å²) < 4.78 is 11.9. The quantitative estimate of drug-likeness (QED) is 0.653. The summed E-state index contributed by atoms with van der Waals surface area (Å²) in [6, 6.07) is 14.3. The van der Waals surface area contributed by atoms with Crippen LogP contribution in [0.3, 0.4) is 0 Å². The minimum Gasteiger partial charge on any atom is -0.479 e. The average Bonchev–Trinajstić information content (AvgIpc) is 2.80. The number of carbonyl (C=O) groups excluding carboxylic acids is 1. The second-order valence-corrected chi connectivity index (χ2v) is 8.07. The number of ether oxygens (including phenoxy) is 2. The largest absolute Gasteiger partial charge is 0.479 e. The number of carboxylic acid groups (broad SMARTS) is 1. The van der Waals surface area contributed by atoms with Crippen LogP contribution < -0.4 is 9.64 Å². The van der Waals surface area contributed by atoms with Gasteiger partial charge < -0.3 is 19.5 Å². The van der Waals surface area contributed by atoms with Crippen LogP contribution in [0.25, 0.3) is 0 Å². The molecule has 1 aliphatic heterocycles. The van der Waals surface area contributed by atoms with Gasteiger partial charge in [-0.15, -0.1) is 0 Å². The van der Waals surface area contributed by atoms with E-state index >= 15 is 0 Å². The van der Waals surface area contributed by atoms with E-state index in [9.17, 15) is 14.7 Å². The molecule has 0 saturated carbocycles. The number of anilines is 1. The number of carboxylic acids is 1. The van der Waals surface area contributed by atoms with Gasteiger partial charge >= 0.3 is 5.97 Å². The molecule has 1 aliphatic carbocycles. The Morgan fingerprint density at radius 3 is 2.75 bits per heavy atom. The van der Waals surface area contributed by atoms with Crippen molar-refractivity contribution in [1.82, 2.24) is 0 Å². The average molecular weight is 454 g/mol. The highest BCUT2D eigenvalue weighted by Crippen LogP contribution is 2.41. The van der Waals surface area contributed by atoms with E-state index < -0.39 is 23.6 Å². The van der Waals surface area contributed by atoms with E-state index in [0.717, 1.165) is 12.0 Å². The van der Waals surface area contributed by atoms with Crippen molar-refractivity contribution in [3.63, 3.8) is 0 Å². The Bertz CT molecular complexity index is 1100. The Balaban J connectivity index is 1.83. The SMILES string of the molecule is CCOC(C(=O)O)(C1=CCCC=C1)C1Oc2ccccc2N(Cc2cccc(Cl)c2)C1=O. The molecule has 4 rings (SSSR count). The highest BCUT2D eigenvalue weighted by atomic mass is 35.5. The molecule has 0 saturated heterocycles. The number of aliphatic carboxylic acids is 1. The van der Waals surface area contributed by atoms with Crippen LogP contribution in [0.15, 0.2) is 72.3 Å². The number of carbonyl (C=O) groups is 2. The van der Waals surface area contributed by atoms with Crippen molar-refractivity contribution in [2.75, 3.05) is 11.5 Å². The highest BCUT2D eigenvalue weighted by molar-refractivity contribution is 6.30. The molecule has 0 radical (unpaired) electrons. The van der Waals surface area contributed by atoms with Gasteiger partial charge in [0.1, 0.15) is 5.75 Å². The number of fused-ring (bicyclic) bond motifs is 1. The molecule has 0 spiro atoms. The van der Waals surface area contributed by atoms with Gasteiger partial charge in [0.25, 0.3) is 5.91 Å². The zero-order valence-electron chi connectivity index (χ0n) is 17.7. The van der Waals surface area contributed by atoms with E-state index in [1.165, 1.54) is 0 Å². The fourth-order valence-electron chi connectivity index (χ4n) is 4.18. The van der Waals surface area contributed by atoms with Crippen LogP contribution in [-0.2, 0) is 20.9 Å². The summed E-state index contributed by atoms with van der Waals surface area (Å²) in [6.07, 6.45) is 5.47. The summed E-state index contributed by atoms with van der Waals surface area (Å²) in [4.78, 5) is 28.1. The molecular weight excluding hydrogens is 430 g/mol. The Morgan fingerprint density at radius 2 is 2.06 bits per heavy atom. The number of para-hydroxylation sites is 2. The van der Waals surface area contributed by atoms with E-state index in [1.54, 1.807) is 54.3 Å². The summed E-state index contributed by atoms with van der Waals surface area (Å²) >= 11 is 6.14. The zero-order chi connectivity index (χ0) is 22.7. The number of rotatable bonds is 7. The molecule has 2 aliphatic rings. The molecule has 2 unspecified atom stereocenters. The molecule has 2 atom stereocenters. The molecule has 166 valence electrons. The molecule has 1 amide bonds. The van der Waals surface area contributed by atoms with E-state index in [0.29, 0.717) is 28.5 Å². The van der Waals surface area contributed by atoms with Gasteiger partial charge in [0.2, 0.25) is 11.7 Å². The monoisotopic (exact) mass is 453 g/mol. The van der Waals surface area contributed by atoms with E-state index in [2.05, 4.69) is 0 Å². The van der Waals surface area contributed by atoms with Crippen LogP contribution in [0.2, 0.25) is 5.02 Å². The molecule has 7 heteroatoms. The molecule has 6 nitrogen and oxygen atoms in total. The Kier molecular flexibility index (Phi) is 6.35. The topological polar surface area (TPSA) is 76.1 Å². The van der Waals surface area contributed by atoms with Crippen molar-refractivity contribution >= 4 is 29.2 Å². The minimum atomic E-state index is -1.97. The third-order valence-corrected chi connectivity index (χ3v) is 5.84. The fourth-order valence-corrected chi connectivity index (χ4v) is 4.39. The fraction of sp³-hybridized carbons (Fsp3) is 0.280. The molecule has 0 aromatic heterocycles. The second kappa shape index (κ2) is 9.18. The van der Waals surface area contributed by atoms with Gasteiger partial charge in [0.15, 0.2) is 0 Å². The Morgan fingerprint density at radius 1 is 1.25 bits per heavy atom. The van der Waals surface area contributed by atoms with Crippen molar-refractivity contribution in [3.05, 3.63) is 82.9 Å². The van der Waals surface area contributed by atoms with Crippen molar-refractivity contribution in [1.29, 1.82) is 0 Å². The van der Waals surface area contributed by atoms with Crippen LogP contribution in [0.4, 0.5) is 5.69 Å². The summed E-state index contributed by atoms with van der Waals surface area (Å²) in [6.45, 7) is 2.02. The standard InChI is InChI=1S/C25H24ClNO5/c1-2-31-25(24(29)30,18-10-4-3-5-11-18)22-23(28)27(16-17-9-8-12-19(26)15-17)20-13-6-7-14-21(20)32-22/h4,6-15,22H,2-3,5,16H2,1H3,(H,29,30). The van der Waals surface area contributed by atoms with Crippen LogP contribution >= 0.6 is 11.6 Å². The molecular formula is C25H24ClNO5. The van der Waals surface area contributed by atoms with E-state index in [1.807, 2.05) is 24.3 Å². The maximum Gasteiger partial charge on any atom is 0.345 e. The summed E-state index contributed by atoms with van der Waals surface area (Å²) in [5.74, 6) is -1.33. The smallest absolute Gasteiger partial charge is 0.345 e. The van der Waals surface area contributed by atoms with Gasteiger partial charge in [-0.25, -0.2) is 4.79 Å². The lowest BCUT2D eigenvalue weighted by Crippen LogP contribution is -2.63. The number of hydrogen-bond donors (Lipinski definition) is 1. The van der Waals surface area contributed by atoms with Gasteiger partial charge in [-0.2, -0.15) is 0 Å². The predicted molar refractivity (Wildman–Crippen MR) is 122 cm³/mol. The molecule has 0 fully saturated rings. The minimum absolute atomic E-state index is 0.0978. The van der Waals surface area contributed by atoms with Crippen LogP contribution in [-0.4, -0.2) is 35.3 Å². The van der Waals surface area contributed by atoms with Crippen molar-refractivity contribution in [2.24, 2.45) is 0 Å². The van der Waals surface area contributed by atoms with Crippen molar-refractivity contribution < 1.29 is 24.2 Å². The number of amides is 1. The Hall–Kier alpha value is -3.09. The first-order valence-electron chi connectivity index (χ1n) is 10.5. The molecule has 1 heterocycles. The lowest BCUT2D eigenvalue weighted by molar-refractivity contribution is -0.175. The summed E-state index contributed by atoms with van der Waals surface area (Å²) in [7, 11) is 0. The van der Waals surface area contributed by atoms with Gasteiger partial charge in [0.05, 0.1) is 12.2 Å². The molecule has 1 N–H and O–H groups in total. The molecule has 32 heavy (non-hydrogen) atoms. The lowest BCUT2D eigenvalue weighted by atomic mass is 9.82. The third kappa shape index (κ3) is 3.92. The first-order chi connectivity index (χ1) is 15.5. The van der Waals surface area contributed by atoms with E-state index in [-0.39, 0.29) is 13.2 Å². The zero-order valence-corrected chi connectivity index (χ0v) is 18.4. The first kappa shape index (κ1) is 22.1. The van der Waals surface area contributed by atoms with Crippen molar-refractivity contribution in [2.45, 2.75) is 38.0 Å². The maximum absolute atomic E-state index is 13.8. The van der Waals surface area contributed by atoms with Crippen LogP contribution in [0, 0.1) is 0 Å². The first-order valence-corrected chi connectivity index (χ1v) is 10.9. The number of halogens is 1. The molecule has 2 aromatic carbocycles. The van der Waals surface area contributed by atoms with Gasteiger partial charge in [-0.05, 0) is 55.2 Å². The van der Waals surface area contributed by atoms with Gasteiger partial charge in [0, 0.05) is 11.6 Å².